The summed E-state index contributed by atoms with van der Waals surface area (Å²) >= 11 is 1.70. The number of nitrogens with zero attached hydrogens (tertiary/aromatic N) is 2. The first-order valence-corrected chi connectivity index (χ1v) is 5.95. The van der Waals surface area contributed by atoms with E-state index in [2.05, 4.69) is 34.8 Å². The van der Waals surface area contributed by atoms with Gasteiger partial charge in [-0.15, -0.1) is 11.3 Å². The average Bonchev–Trinajstić information content (AvgIpc) is 2.90. The Morgan fingerprint density at radius 3 is 2.88 bits per heavy atom. The summed E-state index contributed by atoms with van der Waals surface area (Å²) in [5.74, 6) is 0. The summed E-state index contributed by atoms with van der Waals surface area (Å²) in [5, 5.41) is 7.59. The molecule has 78 valence electrons. The molecule has 2 aromatic heterocycles. The maximum atomic E-state index is 4.31. The molecule has 0 aliphatic heterocycles. The maximum absolute atomic E-state index is 4.31. The lowest BCUT2D eigenvalue weighted by molar-refractivity contribution is 0.975. The fourth-order valence-corrected chi connectivity index (χ4v) is 2.42. The predicted octanol–water partition coefficient (Wildman–Crippen LogP) is 3.73. The second-order valence-corrected chi connectivity index (χ2v) is 4.39. The molecule has 2 heterocycles. The Balaban J connectivity index is 1.96. The lowest BCUT2D eigenvalue weighted by atomic mass is 10.2. The van der Waals surface area contributed by atoms with Gasteiger partial charge in [0.25, 0.3) is 0 Å². The Hall–Kier alpha value is -1.87. The van der Waals surface area contributed by atoms with Crippen LogP contribution in [0, 0.1) is 0 Å². The van der Waals surface area contributed by atoms with Crippen LogP contribution in [-0.2, 0) is 0 Å². The standard InChI is InChI=1S/C13H10N2S/c1-2-4-11(5-3-1)6-8-15-13-12(10-14-15)7-9-16-13/h1-10H/b8-6+. The van der Waals surface area contributed by atoms with E-state index in [1.165, 1.54) is 15.8 Å². The first kappa shape index (κ1) is 9.36. The second kappa shape index (κ2) is 3.94. The van der Waals surface area contributed by atoms with E-state index in [4.69, 9.17) is 0 Å². The van der Waals surface area contributed by atoms with Crippen molar-refractivity contribution in [3.63, 3.8) is 0 Å². The van der Waals surface area contributed by atoms with E-state index in [1.54, 1.807) is 11.3 Å². The summed E-state index contributed by atoms with van der Waals surface area (Å²) in [4.78, 5) is 1.19. The number of thiophene rings is 1. The molecule has 0 amide bonds. The highest BCUT2D eigenvalue weighted by Crippen LogP contribution is 2.20. The summed E-state index contributed by atoms with van der Waals surface area (Å²) < 4.78 is 1.91. The molecule has 0 aliphatic rings. The zero-order valence-electron chi connectivity index (χ0n) is 8.58. The van der Waals surface area contributed by atoms with Crippen molar-refractivity contribution in [2.24, 2.45) is 0 Å². The lowest BCUT2D eigenvalue weighted by Gasteiger charge is -1.93. The quantitative estimate of drug-likeness (QED) is 0.651. The van der Waals surface area contributed by atoms with Crippen LogP contribution >= 0.6 is 11.3 Å². The SMILES string of the molecule is C(=C\n1ncc2ccsc21)/c1ccccc1. The Morgan fingerprint density at radius 2 is 2.00 bits per heavy atom. The third-order valence-electron chi connectivity index (χ3n) is 2.41. The van der Waals surface area contributed by atoms with E-state index in [0.717, 1.165) is 0 Å². The molecule has 3 rings (SSSR count). The van der Waals surface area contributed by atoms with Gasteiger partial charge >= 0.3 is 0 Å². The number of benzene rings is 1. The largest absolute Gasteiger partial charge is 0.230 e. The number of hydrogen-bond acceptors (Lipinski definition) is 2. The van der Waals surface area contributed by atoms with Crippen molar-refractivity contribution in [3.8, 4) is 0 Å². The lowest BCUT2D eigenvalue weighted by Crippen LogP contribution is -1.85. The Bertz CT molecular complexity index is 619. The monoisotopic (exact) mass is 226 g/mol. The molecule has 0 spiro atoms. The maximum Gasteiger partial charge on any atom is 0.126 e. The normalized spacial score (nSPS) is 11.5. The minimum atomic E-state index is 1.18. The Kier molecular flexibility index (Phi) is 2.31. The van der Waals surface area contributed by atoms with Crippen LogP contribution in [0.15, 0.2) is 48.0 Å². The van der Waals surface area contributed by atoms with E-state index in [-0.39, 0.29) is 0 Å². The first-order valence-electron chi connectivity index (χ1n) is 5.07. The van der Waals surface area contributed by atoms with Crippen LogP contribution in [0.1, 0.15) is 5.56 Å². The first-order chi connectivity index (χ1) is 7.93. The van der Waals surface area contributed by atoms with Crippen molar-refractivity contribution in [1.29, 1.82) is 0 Å². The summed E-state index contributed by atoms with van der Waals surface area (Å²) in [6.07, 6.45) is 5.95. The van der Waals surface area contributed by atoms with Crippen molar-refractivity contribution in [2.75, 3.05) is 0 Å². The van der Waals surface area contributed by atoms with Crippen molar-refractivity contribution in [3.05, 3.63) is 53.5 Å². The summed E-state index contributed by atoms with van der Waals surface area (Å²) in [6.45, 7) is 0. The molecular weight excluding hydrogens is 216 g/mol. The number of aromatic nitrogens is 2. The minimum Gasteiger partial charge on any atom is -0.230 e. The van der Waals surface area contributed by atoms with Crippen LogP contribution in [0.2, 0.25) is 0 Å². The smallest absolute Gasteiger partial charge is 0.126 e. The van der Waals surface area contributed by atoms with Crippen LogP contribution in [-0.4, -0.2) is 9.78 Å². The van der Waals surface area contributed by atoms with Gasteiger partial charge in [-0.05, 0) is 23.1 Å². The van der Waals surface area contributed by atoms with Gasteiger partial charge in [0, 0.05) is 11.6 Å². The molecule has 0 saturated heterocycles. The fourth-order valence-electron chi connectivity index (χ4n) is 1.60. The molecule has 0 fully saturated rings. The Morgan fingerprint density at radius 1 is 1.12 bits per heavy atom. The molecule has 0 N–H and O–H groups in total. The van der Waals surface area contributed by atoms with Crippen LogP contribution < -0.4 is 0 Å². The van der Waals surface area contributed by atoms with E-state index < -0.39 is 0 Å². The molecule has 1 aromatic carbocycles. The van der Waals surface area contributed by atoms with E-state index in [0.29, 0.717) is 0 Å². The summed E-state index contributed by atoms with van der Waals surface area (Å²) in [7, 11) is 0. The van der Waals surface area contributed by atoms with Gasteiger partial charge in [-0.3, -0.25) is 0 Å². The van der Waals surface area contributed by atoms with Crippen LogP contribution in [0.4, 0.5) is 0 Å². The number of hydrogen-bond donors (Lipinski definition) is 0. The van der Waals surface area contributed by atoms with E-state index in [1.807, 2.05) is 35.3 Å². The fraction of sp³-hybridized carbons (Fsp3) is 0. The molecular formula is C13H10N2S. The number of fused-ring (bicyclic) bond motifs is 1. The van der Waals surface area contributed by atoms with Crippen LogP contribution in [0.25, 0.3) is 22.5 Å². The topological polar surface area (TPSA) is 17.8 Å². The minimum absolute atomic E-state index is 1.18. The van der Waals surface area contributed by atoms with Gasteiger partial charge in [-0.2, -0.15) is 5.10 Å². The second-order valence-electron chi connectivity index (χ2n) is 3.50. The van der Waals surface area contributed by atoms with Gasteiger partial charge in [0.05, 0.1) is 6.20 Å². The summed E-state index contributed by atoms with van der Waals surface area (Å²) in [6, 6.07) is 12.3. The highest BCUT2D eigenvalue weighted by Gasteiger charge is 1.99. The highest BCUT2D eigenvalue weighted by atomic mass is 32.1. The zero-order valence-corrected chi connectivity index (χ0v) is 9.39. The van der Waals surface area contributed by atoms with Crippen molar-refractivity contribution < 1.29 is 0 Å². The highest BCUT2D eigenvalue weighted by molar-refractivity contribution is 7.16. The molecule has 3 heteroatoms. The molecule has 0 bridgehead atoms. The zero-order chi connectivity index (χ0) is 10.8. The third-order valence-corrected chi connectivity index (χ3v) is 3.33. The van der Waals surface area contributed by atoms with Gasteiger partial charge < -0.3 is 0 Å². The molecule has 3 aromatic rings. The molecule has 0 radical (unpaired) electrons. The van der Waals surface area contributed by atoms with E-state index in [9.17, 15) is 0 Å². The summed E-state index contributed by atoms with van der Waals surface area (Å²) in [5.41, 5.74) is 1.18. The molecule has 2 nitrogen and oxygen atoms in total. The molecule has 0 unspecified atom stereocenters. The number of rotatable bonds is 2. The molecule has 16 heavy (non-hydrogen) atoms. The molecule has 0 atom stereocenters. The van der Waals surface area contributed by atoms with Crippen molar-refractivity contribution in [2.45, 2.75) is 0 Å². The van der Waals surface area contributed by atoms with Gasteiger partial charge in [0.15, 0.2) is 0 Å². The van der Waals surface area contributed by atoms with Gasteiger partial charge in [0.2, 0.25) is 0 Å². The van der Waals surface area contributed by atoms with Crippen LogP contribution in [0.3, 0.4) is 0 Å². The molecule has 0 saturated carbocycles. The van der Waals surface area contributed by atoms with Crippen molar-refractivity contribution >= 4 is 33.8 Å². The van der Waals surface area contributed by atoms with Gasteiger partial charge in [-0.25, -0.2) is 4.68 Å². The Labute approximate surface area is 97.5 Å². The van der Waals surface area contributed by atoms with Crippen LogP contribution in [0.5, 0.6) is 0 Å². The van der Waals surface area contributed by atoms with Crippen molar-refractivity contribution in [1.82, 2.24) is 9.78 Å². The van der Waals surface area contributed by atoms with Gasteiger partial charge in [0.1, 0.15) is 4.83 Å². The van der Waals surface area contributed by atoms with E-state index >= 15 is 0 Å². The average molecular weight is 226 g/mol. The predicted molar refractivity (Wildman–Crippen MR) is 69.3 cm³/mol. The third kappa shape index (κ3) is 1.66. The molecule has 0 aliphatic carbocycles. The van der Waals surface area contributed by atoms with Gasteiger partial charge in [-0.1, -0.05) is 30.3 Å².